The molecule has 10 nitrogen and oxygen atoms in total. The zero-order chi connectivity index (χ0) is 24.5. The van der Waals surface area contributed by atoms with Crippen LogP contribution in [0.15, 0.2) is 34.9 Å². The maximum Gasteiger partial charge on any atom is 0.408 e. The summed E-state index contributed by atoms with van der Waals surface area (Å²) >= 11 is 0. The van der Waals surface area contributed by atoms with Gasteiger partial charge in [-0.15, -0.1) is 0 Å². The predicted molar refractivity (Wildman–Crippen MR) is 126 cm³/mol. The Morgan fingerprint density at radius 1 is 1.12 bits per heavy atom. The van der Waals surface area contributed by atoms with E-state index in [4.69, 9.17) is 9.26 Å². The van der Waals surface area contributed by atoms with Gasteiger partial charge in [-0.3, -0.25) is 9.69 Å². The molecule has 0 unspecified atom stereocenters. The fraction of sp³-hybridized carbons (Fsp3) is 0.500. The van der Waals surface area contributed by atoms with E-state index in [1.54, 1.807) is 34.6 Å². The van der Waals surface area contributed by atoms with E-state index in [0.29, 0.717) is 50.1 Å². The molecule has 3 aromatic rings. The summed E-state index contributed by atoms with van der Waals surface area (Å²) in [5.41, 5.74) is 0.117. The first-order chi connectivity index (χ1) is 16.0. The summed E-state index contributed by atoms with van der Waals surface area (Å²) in [6, 6.07) is 9.76. The highest BCUT2D eigenvalue weighted by Crippen LogP contribution is 2.20. The molecule has 3 heterocycles. The number of rotatable bonds is 5. The lowest BCUT2D eigenvalue weighted by molar-refractivity contribution is 0.0464. The fourth-order valence-corrected chi connectivity index (χ4v) is 3.85. The van der Waals surface area contributed by atoms with Crippen molar-refractivity contribution >= 4 is 22.9 Å². The average molecular weight is 469 g/mol. The number of alkyl carbamates (subject to hydrolysis) is 1. The number of ether oxygens (including phenoxy) is 1. The number of hydrogen-bond donors (Lipinski definition) is 2. The van der Waals surface area contributed by atoms with Gasteiger partial charge in [0.05, 0.1) is 6.54 Å². The number of piperazine rings is 1. The highest BCUT2D eigenvalue weighted by molar-refractivity contribution is 5.98. The highest BCUT2D eigenvalue weighted by Gasteiger charge is 2.31. The second-order valence-electron chi connectivity index (χ2n) is 10.1. The molecule has 1 saturated heterocycles. The van der Waals surface area contributed by atoms with E-state index < -0.39 is 17.2 Å². The number of hydrogen-bond acceptors (Lipinski definition) is 7. The summed E-state index contributed by atoms with van der Waals surface area (Å²) in [4.78, 5) is 36.8. The Morgan fingerprint density at radius 3 is 2.50 bits per heavy atom. The molecule has 0 spiro atoms. The molecular formula is C24H32N6O4. The third kappa shape index (κ3) is 5.56. The third-order valence-corrected chi connectivity index (χ3v) is 5.62. The van der Waals surface area contributed by atoms with E-state index in [1.165, 1.54) is 0 Å². The van der Waals surface area contributed by atoms with Crippen LogP contribution in [0, 0.1) is 0 Å². The number of carbonyl (C=O) groups is 2. The molecule has 1 fully saturated rings. The lowest BCUT2D eigenvalue weighted by Crippen LogP contribution is -2.48. The topological polar surface area (TPSA) is 117 Å². The molecule has 1 aliphatic heterocycles. The summed E-state index contributed by atoms with van der Waals surface area (Å²) in [5.74, 6) is 0.844. The second-order valence-corrected chi connectivity index (χ2v) is 10.1. The smallest absolute Gasteiger partial charge is 0.408 e. The Labute approximate surface area is 198 Å². The number of H-pyrrole nitrogens is 1. The molecule has 0 aliphatic carbocycles. The van der Waals surface area contributed by atoms with Gasteiger partial charge in [0.25, 0.3) is 5.91 Å². The Morgan fingerprint density at radius 2 is 1.82 bits per heavy atom. The molecule has 0 saturated carbocycles. The Hall–Kier alpha value is -3.40. The average Bonchev–Trinajstić information content (AvgIpc) is 3.39. The molecule has 2 aromatic heterocycles. The molecule has 0 bridgehead atoms. The van der Waals surface area contributed by atoms with Crippen molar-refractivity contribution in [1.29, 1.82) is 0 Å². The number of benzene rings is 1. The van der Waals surface area contributed by atoms with E-state index in [2.05, 4.69) is 25.3 Å². The lowest BCUT2D eigenvalue weighted by Gasteiger charge is -2.33. The molecule has 1 aromatic carbocycles. The van der Waals surface area contributed by atoms with E-state index in [9.17, 15) is 9.59 Å². The van der Waals surface area contributed by atoms with Crippen molar-refractivity contribution in [3.63, 3.8) is 0 Å². The van der Waals surface area contributed by atoms with Crippen LogP contribution in [-0.4, -0.2) is 68.7 Å². The number of nitrogens with one attached hydrogen (secondary N) is 2. The van der Waals surface area contributed by atoms with E-state index in [1.807, 2.05) is 35.2 Å². The minimum atomic E-state index is -0.852. The normalized spacial score (nSPS) is 15.5. The van der Waals surface area contributed by atoms with Crippen LogP contribution in [0.1, 0.15) is 56.8 Å². The Kier molecular flexibility index (Phi) is 6.35. The minimum Gasteiger partial charge on any atom is -0.444 e. The molecule has 1 aliphatic rings. The summed E-state index contributed by atoms with van der Waals surface area (Å²) in [6.07, 6.45) is -0.542. The highest BCUT2D eigenvalue weighted by atomic mass is 16.6. The molecule has 0 atom stereocenters. The van der Waals surface area contributed by atoms with Crippen molar-refractivity contribution in [1.82, 2.24) is 30.2 Å². The van der Waals surface area contributed by atoms with Crippen molar-refractivity contribution in [2.45, 2.75) is 52.3 Å². The van der Waals surface area contributed by atoms with Gasteiger partial charge in [0.1, 0.15) is 16.8 Å². The van der Waals surface area contributed by atoms with Crippen molar-refractivity contribution in [2.24, 2.45) is 0 Å². The number of amides is 2. The summed E-state index contributed by atoms with van der Waals surface area (Å²) in [5, 5.41) is 7.87. The Bertz CT molecular complexity index is 1130. The maximum atomic E-state index is 12.9. The van der Waals surface area contributed by atoms with Crippen LogP contribution in [0.4, 0.5) is 4.79 Å². The largest absolute Gasteiger partial charge is 0.444 e. The van der Waals surface area contributed by atoms with Gasteiger partial charge in [0, 0.05) is 37.1 Å². The first-order valence-electron chi connectivity index (χ1n) is 11.4. The summed E-state index contributed by atoms with van der Waals surface area (Å²) in [7, 11) is 0. The SMILES string of the molecule is CC(C)(C)OC(=O)NC(C)(C)c1noc(CN2CCN(C(=O)c3cc4ccccc4[nH]3)CC2)n1. The summed E-state index contributed by atoms with van der Waals surface area (Å²) < 4.78 is 10.8. The van der Waals surface area contributed by atoms with Gasteiger partial charge < -0.3 is 24.5 Å². The zero-order valence-corrected chi connectivity index (χ0v) is 20.3. The standard InChI is InChI=1S/C24H32N6O4/c1-23(2,3)33-22(32)27-24(4,5)21-26-19(34-28-21)15-29-10-12-30(13-11-29)20(31)18-14-16-8-6-7-9-17(16)25-18/h6-9,14,25H,10-13,15H2,1-5H3,(H,27,32). The van der Waals surface area contributed by atoms with Crippen LogP contribution in [0.5, 0.6) is 0 Å². The number of carbonyl (C=O) groups excluding carboxylic acids is 2. The van der Waals surface area contributed by atoms with Crippen LogP contribution >= 0.6 is 0 Å². The predicted octanol–water partition coefficient (Wildman–Crippen LogP) is 3.27. The number of para-hydroxylation sites is 1. The molecule has 10 heteroatoms. The molecule has 0 radical (unpaired) electrons. The van der Waals surface area contributed by atoms with Crippen molar-refractivity contribution < 1.29 is 18.8 Å². The van der Waals surface area contributed by atoms with Gasteiger partial charge >= 0.3 is 6.09 Å². The lowest BCUT2D eigenvalue weighted by atomic mass is 10.1. The molecule has 2 amide bonds. The number of aromatic amines is 1. The first kappa shape index (κ1) is 23.7. The van der Waals surface area contributed by atoms with Gasteiger partial charge in [0.2, 0.25) is 5.89 Å². The van der Waals surface area contributed by atoms with Crippen LogP contribution in [0.25, 0.3) is 10.9 Å². The number of nitrogens with zero attached hydrogens (tertiary/aromatic N) is 4. The van der Waals surface area contributed by atoms with Gasteiger partial charge in [-0.2, -0.15) is 4.98 Å². The molecular weight excluding hydrogens is 436 g/mol. The number of aromatic nitrogens is 3. The summed E-state index contributed by atoms with van der Waals surface area (Å²) in [6.45, 7) is 12.1. The van der Waals surface area contributed by atoms with Gasteiger partial charge in [-0.25, -0.2) is 4.79 Å². The first-order valence-corrected chi connectivity index (χ1v) is 11.4. The molecule has 34 heavy (non-hydrogen) atoms. The quantitative estimate of drug-likeness (QED) is 0.590. The molecule has 2 N–H and O–H groups in total. The zero-order valence-electron chi connectivity index (χ0n) is 20.3. The van der Waals surface area contributed by atoms with Gasteiger partial charge in [0.15, 0.2) is 5.82 Å². The van der Waals surface area contributed by atoms with E-state index >= 15 is 0 Å². The van der Waals surface area contributed by atoms with Gasteiger partial charge in [-0.05, 0) is 46.8 Å². The van der Waals surface area contributed by atoms with Crippen LogP contribution in [0.3, 0.4) is 0 Å². The molecule has 182 valence electrons. The second kappa shape index (κ2) is 9.09. The molecule has 4 rings (SSSR count). The third-order valence-electron chi connectivity index (χ3n) is 5.62. The Balaban J connectivity index is 1.30. The van der Waals surface area contributed by atoms with Gasteiger partial charge in [-0.1, -0.05) is 23.4 Å². The van der Waals surface area contributed by atoms with E-state index in [0.717, 1.165) is 10.9 Å². The fourth-order valence-electron chi connectivity index (χ4n) is 3.85. The van der Waals surface area contributed by atoms with Crippen LogP contribution < -0.4 is 5.32 Å². The monoisotopic (exact) mass is 468 g/mol. The van der Waals surface area contributed by atoms with Crippen molar-refractivity contribution in [2.75, 3.05) is 26.2 Å². The minimum absolute atomic E-state index is 0.00546. The van der Waals surface area contributed by atoms with Crippen molar-refractivity contribution in [3.8, 4) is 0 Å². The maximum absolute atomic E-state index is 12.9. The van der Waals surface area contributed by atoms with Crippen LogP contribution in [0.2, 0.25) is 0 Å². The van der Waals surface area contributed by atoms with E-state index in [-0.39, 0.29) is 5.91 Å². The number of fused-ring (bicyclic) bond motifs is 1. The van der Waals surface area contributed by atoms with Crippen molar-refractivity contribution in [3.05, 3.63) is 47.7 Å². The van der Waals surface area contributed by atoms with Crippen LogP contribution in [-0.2, 0) is 16.8 Å².